The molecule has 0 saturated carbocycles. The summed E-state index contributed by atoms with van der Waals surface area (Å²) in [5.74, 6) is 1.42. The van der Waals surface area contributed by atoms with Gasteiger partial charge in [0.05, 0.1) is 28.7 Å². The molecule has 28 heavy (non-hydrogen) atoms. The zero-order valence-electron chi connectivity index (χ0n) is 16.0. The fourth-order valence-corrected chi connectivity index (χ4v) is 4.22. The Kier molecular flexibility index (Phi) is 5.38. The second-order valence-corrected chi connectivity index (χ2v) is 7.73. The summed E-state index contributed by atoms with van der Waals surface area (Å²) < 4.78 is 7.13. The van der Waals surface area contributed by atoms with E-state index in [1.54, 1.807) is 17.5 Å². The largest absolute Gasteiger partial charge is 0.466 e. The highest BCUT2D eigenvalue weighted by molar-refractivity contribution is 7.13. The van der Waals surface area contributed by atoms with Crippen molar-refractivity contribution in [3.8, 4) is 22.0 Å². The van der Waals surface area contributed by atoms with Gasteiger partial charge in [0.15, 0.2) is 0 Å². The van der Waals surface area contributed by atoms with Crippen molar-refractivity contribution in [2.75, 3.05) is 24.6 Å². The highest BCUT2D eigenvalue weighted by atomic mass is 32.1. The molecule has 0 spiro atoms. The summed E-state index contributed by atoms with van der Waals surface area (Å²) in [6.07, 6.45) is 7.08. The van der Waals surface area contributed by atoms with Gasteiger partial charge in [-0.05, 0) is 31.2 Å². The Labute approximate surface area is 168 Å². The van der Waals surface area contributed by atoms with Gasteiger partial charge in [0.25, 0.3) is 0 Å². The Morgan fingerprint density at radius 3 is 2.79 bits per heavy atom. The third-order valence-corrected chi connectivity index (χ3v) is 5.87. The van der Waals surface area contributed by atoms with E-state index in [0.717, 1.165) is 47.9 Å². The SMILES string of the molecule is CCOC(=O)C1CCN(c2ncc(-c3nccn3C)c(-c3cccs3)n2)CC1. The van der Waals surface area contributed by atoms with Crippen LogP contribution in [-0.2, 0) is 16.6 Å². The van der Waals surface area contributed by atoms with Gasteiger partial charge in [-0.1, -0.05) is 6.07 Å². The van der Waals surface area contributed by atoms with Crippen molar-refractivity contribution in [3.05, 3.63) is 36.1 Å². The minimum atomic E-state index is -0.0903. The van der Waals surface area contributed by atoms with Crippen LogP contribution < -0.4 is 4.90 Å². The molecule has 8 heteroatoms. The fourth-order valence-electron chi connectivity index (χ4n) is 3.49. The molecule has 1 fully saturated rings. The van der Waals surface area contributed by atoms with Crippen LogP contribution in [0.4, 0.5) is 5.95 Å². The lowest BCUT2D eigenvalue weighted by Crippen LogP contribution is -2.38. The Balaban J connectivity index is 1.61. The van der Waals surface area contributed by atoms with Gasteiger partial charge < -0.3 is 14.2 Å². The first-order valence-corrected chi connectivity index (χ1v) is 10.4. The molecule has 0 amide bonds. The quantitative estimate of drug-likeness (QED) is 0.615. The van der Waals surface area contributed by atoms with Crippen LogP contribution in [0.15, 0.2) is 36.1 Å². The van der Waals surface area contributed by atoms with Crippen LogP contribution in [0.25, 0.3) is 22.0 Å². The van der Waals surface area contributed by atoms with Gasteiger partial charge in [0, 0.05) is 38.7 Å². The number of hydrogen-bond acceptors (Lipinski definition) is 7. The number of anilines is 1. The smallest absolute Gasteiger partial charge is 0.309 e. The van der Waals surface area contributed by atoms with E-state index >= 15 is 0 Å². The monoisotopic (exact) mass is 397 g/mol. The summed E-state index contributed by atoms with van der Waals surface area (Å²) in [5.41, 5.74) is 1.81. The maximum atomic E-state index is 12.0. The molecule has 1 aliphatic heterocycles. The molecule has 3 aromatic rings. The first-order valence-electron chi connectivity index (χ1n) is 9.47. The molecule has 0 N–H and O–H groups in total. The van der Waals surface area contributed by atoms with Crippen molar-refractivity contribution >= 4 is 23.3 Å². The van der Waals surface area contributed by atoms with Crippen LogP contribution in [0.5, 0.6) is 0 Å². The summed E-state index contributed by atoms with van der Waals surface area (Å²) in [4.78, 5) is 29.2. The van der Waals surface area contributed by atoms with Gasteiger partial charge >= 0.3 is 5.97 Å². The second kappa shape index (κ2) is 8.10. The van der Waals surface area contributed by atoms with E-state index in [1.807, 2.05) is 42.4 Å². The van der Waals surface area contributed by atoms with E-state index in [4.69, 9.17) is 9.72 Å². The Hall–Kier alpha value is -2.74. The first-order chi connectivity index (χ1) is 13.7. The third-order valence-electron chi connectivity index (χ3n) is 4.99. The molecule has 1 saturated heterocycles. The lowest BCUT2D eigenvalue weighted by molar-refractivity contribution is -0.148. The number of hydrogen-bond donors (Lipinski definition) is 0. The van der Waals surface area contributed by atoms with E-state index in [-0.39, 0.29) is 11.9 Å². The molecule has 0 aliphatic carbocycles. The van der Waals surface area contributed by atoms with Crippen molar-refractivity contribution < 1.29 is 9.53 Å². The normalized spacial score (nSPS) is 15.0. The van der Waals surface area contributed by atoms with E-state index in [9.17, 15) is 4.79 Å². The predicted octanol–water partition coefficient (Wildman–Crippen LogP) is 3.39. The third kappa shape index (κ3) is 3.64. The van der Waals surface area contributed by atoms with Crippen LogP contribution in [0.2, 0.25) is 0 Å². The molecule has 4 rings (SSSR count). The van der Waals surface area contributed by atoms with Crippen molar-refractivity contribution in [3.63, 3.8) is 0 Å². The standard InChI is InChI=1S/C20H23N5O2S/c1-3-27-19(26)14-6-9-25(10-7-14)20-22-13-15(18-21-8-11-24(18)2)17(23-20)16-5-4-12-28-16/h4-5,8,11-14H,3,6-7,9-10H2,1-2H3. The lowest BCUT2D eigenvalue weighted by atomic mass is 9.97. The summed E-state index contributed by atoms with van der Waals surface area (Å²) in [6, 6.07) is 4.09. The lowest BCUT2D eigenvalue weighted by Gasteiger charge is -2.31. The number of nitrogens with zero attached hydrogens (tertiary/aromatic N) is 5. The van der Waals surface area contributed by atoms with Crippen molar-refractivity contribution in [1.29, 1.82) is 0 Å². The first kappa shape index (κ1) is 18.6. The number of piperidine rings is 1. The number of carbonyl (C=O) groups excluding carboxylic acids is 1. The molecule has 146 valence electrons. The number of aryl methyl sites for hydroxylation is 1. The molecular formula is C20H23N5O2S. The maximum Gasteiger partial charge on any atom is 0.309 e. The van der Waals surface area contributed by atoms with Gasteiger partial charge in [-0.15, -0.1) is 11.3 Å². The summed E-state index contributed by atoms with van der Waals surface area (Å²) in [5, 5.41) is 2.05. The Morgan fingerprint density at radius 1 is 1.32 bits per heavy atom. The minimum absolute atomic E-state index is 0.0280. The van der Waals surface area contributed by atoms with Crippen molar-refractivity contribution in [2.45, 2.75) is 19.8 Å². The maximum absolute atomic E-state index is 12.0. The topological polar surface area (TPSA) is 73.1 Å². The summed E-state index contributed by atoms with van der Waals surface area (Å²) in [6.45, 7) is 3.77. The van der Waals surface area contributed by atoms with Crippen LogP contribution >= 0.6 is 11.3 Å². The summed E-state index contributed by atoms with van der Waals surface area (Å²) in [7, 11) is 1.97. The van der Waals surface area contributed by atoms with Crippen LogP contribution in [-0.4, -0.2) is 45.2 Å². The van der Waals surface area contributed by atoms with Crippen molar-refractivity contribution in [2.24, 2.45) is 13.0 Å². The molecule has 3 aromatic heterocycles. The zero-order valence-corrected chi connectivity index (χ0v) is 16.9. The van der Waals surface area contributed by atoms with Crippen LogP contribution in [0.3, 0.4) is 0 Å². The minimum Gasteiger partial charge on any atom is -0.466 e. The molecule has 1 aliphatic rings. The molecule has 0 atom stereocenters. The van der Waals surface area contributed by atoms with Crippen LogP contribution in [0, 0.1) is 5.92 Å². The van der Waals surface area contributed by atoms with Crippen LogP contribution in [0.1, 0.15) is 19.8 Å². The average molecular weight is 398 g/mol. The molecule has 0 bridgehead atoms. The molecule has 0 aromatic carbocycles. The molecule has 7 nitrogen and oxygen atoms in total. The van der Waals surface area contributed by atoms with Gasteiger partial charge in [0.1, 0.15) is 5.82 Å². The average Bonchev–Trinajstić information content (AvgIpc) is 3.40. The summed E-state index contributed by atoms with van der Waals surface area (Å²) >= 11 is 1.65. The number of aromatic nitrogens is 4. The number of esters is 1. The highest BCUT2D eigenvalue weighted by Crippen LogP contribution is 2.33. The second-order valence-electron chi connectivity index (χ2n) is 6.78. The highest BCUT2D eigenvalue weighted by Gasteiger charge is 2.28. The molecule has 0 unspecified atom stereocenters. The Bertz CT molecular complexity index is 945. The molecule has 0 radical (unpaired) electrons. The number of rotatable bonds is 5. The molecule has 4 heterocycles. The van der Waals surface area contributed by atoms with Gasteiger partial charge in [0.2, 0.25) is 5.95 Å². The van der Waals surface area contributed by atoms with Gasteiger partial charge in [-0.3, -0.25) is 4.79 Å². The number of carbonyl (C=O) groups is 1. The zero-order chi connectivity index (χ0) is 19.5. The number of thiophene rings is 1. The van der Waals surface area contributed by atoms with E-state index < -0.39 is 0 Å². The fraction of sp³-hybridized carbons (Fsp3) is 0.400. The van der Waals surface area contributed by atoms with E-state index in [0.29, 0.717) is 12.6 Å². The number of imidazole rings is 1. The van der Waals surface area contributed by atoms with Gasteiger partial charge in [-0.2, -0.15) is 0 Å². The van der Waals surface area contributed by atoms with E-state index in [2.05, 4.69) is 20.9 Å². The van der Waals surface area contributed by atoms with E-state index in [1.165, 1.54) is 0 Å². The Morgan fingerprint density at radius 2 is 2.14 bits per heavy atom. The number of ether oxygens (including phenoxy) is 1. The van der Waals surface area contributed by atoms with Gasteiger partial charge in [-0.25, -0.2) is 15.0 Å². The molecular weight excluding hydrogens is 374 g/mol. The van der Waals surface area contributed by atoms with Crippen molar-refractivity contribution in [1.82, 2.24) is 19.5 Å². The predicted molar refractivity (Wildman–Crippen MR) is 109 cm³/mol.